The van der Waals surface area contributed by atoms with Gasteiger partial charge in [-0.3, -0.25) is 0 Å². The van der Waals surface area contributed by atoms with E-state index in [9.17, 15) is 0 Å². The van der Waals surface area contributed by atoms with E-state index in [1.54, 1.807) is 0 Å². The van der Waals surface area contributed by atoms with Gasteiger partial charge in [0.25, 0.3) is 0 Å². The molecule has 1 spiro atoms. The molecule has 2 aliphatic heterocycles. The van der Waals surface area contributed by atoms with Crippen LogP contribution in [0.25, 0.3) is 0 Å². The van der Waals surface area contributed by atoms with Gasteiger partial charge in [-0.25, -0.2) is 0 Å². The van der Waals surface area contributed by atoms with E-state index in [2.05, 4.69) is 11.6 Å². The molecule has 2 rings (SSSR count). The van der Waals surface area contributed by atoms with Crippen LogP contribution in [0.3, 0.4) is 0 Å². The molecule has 2 aliphatic rings. The molecule has 3 nitrogen and oxygen atoms in total. The first kappa shape index (κ1) is 14.6. The van der Waals surface area contributed by atoms with Gasteiger partial charge in [0.05, 0.1) is 12.2 Å². The Balaban J connectivity index is 1.58. The fraction of sp³-hybridized carbons (Fsp3) is 1.00. The average Bonchev–Trinajstić information content (AvgIpc) is 2.82. The Morgan fingerprint density at radius 1 is 1.28 bits per heavy atom. The SMILES string of the molecule is CSCCCCCNC1CCOC2(CCOC2)C1. The van der Waals surface area contributed by atoms with Gasteiger partial charge < -0.3 is 14.8 Å². The third-order valence-electron chi connectivity index (χ3n) is 4.02. The molecule has 4 heteroatoms. The highest BCUT2D eigenvalue weighted by molar-refractivity contribution is 7.98. The zero-order chi connectivity index (χ0) is 12.7. The van der Waals surface area contributed by atoms with E-state index in [0.29, 0.717) is 6.04 Å². The summed E-state index contributed by atoms with van der Waals surface area (Å²) in [6.45, 7) is 3.74. The monoisotopic (exact) mass is 273 g/mol. The first-order chi connectivity index (χ1) is 8.85. The summed E-state index contributed by atoms with van der Waals surface area (Å²) in [7, 11) is 0. The number of hydrogen-bond acceptors (Lipinski definition) is 4. The lowest BCUT2D eigenvalue weighted by atomic mass is 9.89. The highest BCUT2D eigenvalue weighted by atomic mass is 32.2. The minimum Gasteiger partial charge on any atom is -0.378 e. The second-order valence-corrected chi connectivity index (χ2v) is 6.52. The average molecular weight is 273 g/mol. The lowest BCUT2D eigenvalue weighted by molar-refractivity contribution is -0.0892. The molecule has 0 saturated carbocycles. The number of hydrogen-bond donors (Lipinski definition) is 1. The van der Waals surface area contributed by atoms with E-state index in [-0.39, 0.29) is 5.60 Å². The van der Waals surface area contributed by atoms with E-state index in [1.807, 2.05) is 11.8 Å². The molecule has 0 amide bonds. The first-order valence-electron chi connectivity index (χ1n) is 7.29. The van der Waals surface area contributed by atoms with E-state index in [4.69, 9.17) is 9.47 Å². The maximum absolute atomic E-state index is 5.95. The van der Waals surface area contributed by atoms with Crippen molar-refractivity contribution in [2.45, 2.75) is 50.2 Å². The fourth-order valence-electron chi connectivity index (χ4n) is 2.92. The maximum Gasteiger partial charge on any atom is 0.0951 e. The zero-order valence-electron chi connectivity index (χ0n) is 11.6. The maximum atomic E-state index is 5.95. The van der Waals surface area contributed by atoms with Gasteiger partial charge in [-0.2, -0.15) is 11.8 Å². The van der Waals surface area contributed by atoms with Crippen molar-refractivity contribution in [2.75, 3.05) is 38.4 Å². The van der Waals surface area contributed by atoms with Crippen LogP contribution in [0.5, 0.6) is 0 Å². The van der Waals surface area contributed by atoms with Crippen LogP contribution < -0.4 is 5.32 Å². The van der Waals surface area contributed by atoms with Gasteiger partial charge in [-0.05, 0) is 44.2 Å². The molecule has 0 radical (unpaired) electrons. The van der Waals surface area contributed by atoms with Gasteiger partial charge in [0.15, 0.2) is 0 Å². The molecule has 2 heterocycles. The van der Waals surface area contributed by atoms with E-state index < -0.39 is 0 Å². The minimum atomic E-state index is 0.0504. The number of thioether (sulfide) groups is 1. The molecule has 0 aromatic heterocycles. The summed E-state index contributed by atoms with van der Waals surface area (Å²) >= 11 is 1.95. The van der Waals surface area contributed by atoms with E-state index in [1.165, 1.54) is 25.0 Å². The second-order valence-electron chi connectivity index (χ2n) is 5.53. The summed E-state index contributed by atoms with van der Waals surface area (Å²) in [5.74, 6) is 1.30. The number of rotatable bonds is 7. The third kappa shape index (κ3) is 4.41. The summed E-state index contributed by atoms with van der Waals surface area (Å²) in [5, 5.41) is 3.71. The molecular weight excluding hydrogens is 246 g/mol. The summed E-state index contributed by atoms with van der Waals surface area (Å²) < 4.78 is 11.4. The predicted molar refractivity (Wildman–Crippen MR) is 77.4 cm³/mol. The molecule has 1 N–H and O–H groups in total. The molecule has 18 heavy (non-hydrogen) atoms. The molecule has 2 fully saturated rings. The molecule has 0 aliphatic carbocycles. The van der Waals surface area contributed by atoms with Gasteiger partial charge in [0.2, 0.25) is 0 Å². The smallest absolute Gasteiger partial charge is 0.0951 e. The molecule has 2 saturated heterocycles. The van der Waals surface area contributed by atoms with Crippen molar-refractivity contribution in [3.8, 4) is 0 Å². The van der Waals surface area contributed by atoms with Crippen molar-refractivity contribution >= 4 is 11.8 Å². The Morgan fingerprint density at radius 2 is 2.22 bits per heavy atom. The summed E-state index contributed by atoms with van der Waals surface area (Å²) in [5.41, 5.74) is 0.0504. The normalized spacial score (nSPS) is 32.2. The van der Waals surface area contributed by atoms with Crippen LogP contribution >= 0.6 is 11.8 Å². The molecule has 106 valence electrons. The van der Waals surface area contributed by atoms with Gasteiger partial charge in [0.1, 0.15) is 0 Å². The summed E-state index contributed by atoms with van der Waals surface area (Å²) in [6.07, 6.45) is 9.58. The molecule has 2 unspecified atom stereocenters. The lowest BCUT2D eigenvalue weighted by Crippen LogP contribution is -2.47. The van der Waals surface area contributed by atoms with Gasteiger partial charge >= 0.3 is 0 Å². The summed E-state index contributed by atoms with van der Waals surface area (Å²) in [6, 6.07) is 0.640. The second kappa shape index (κ2) is 7.73. The van der Waals surface area contributed by atoms with Crippen LogP contribution in [0, 0.1) is 0 Å². The lowest BCUT2D eigenvalue weighted by Gasteiger charge is -2.37. The van der Waals surface area contributed by atoms with E-state index >= 15 is 0 Å². The Bertz CT molecular complexity index is 232. The Morgan fingerprint density at radius 3 is 3.00 bits per heavy atom. The fourth-order valence-corrected chi connectivity index (χ4v) is 3.41. The Labute approximate surface area is 115 Å². The Hall–Kier alpha value is 0.230. The third-order valence-corrected chi connectivity index (χ3v) is 4.72. The molecule has 0 aromatic rings. The van der Waals surface area contributed by atoms with Crippen LogP contribution in [0.1, 0.15) is 38.5 Å². The molecule has 2 atom stereocenters. The van der Waals surface area contributed by atoms with Crippen molar-refractivity contribution in [3.05, 3.63) is 0 Å². The number of unbranched alkanes of at least 4 members (excludes halogenated alkanes) is 2. The standard InChI is InChI=1S/C14H27NO2S/c1-18-10-4-2-3-7-15-13-5-8-17-14(11-13)6-9-16-12-14/h13,15H,2-12H2,1H3. The Kier molecular flexibility index (Phi) is 6.29. The first-order valence-corrected chi connectivity index (χ1v) is 8.68. The topological polar surface area (TPSA) is 30.5 Å². The highest BCUT2D eigenvalue weighted by Gasteiger charge is 2.40. The van der Waals surface area contributed by atoms with Crippen molar-refractivity contribution in [3.63, 3.8) is 0 Å². The number of ether oxygens (including phenoxy) is 2. The van der Waals surface area contributed by atoms with Crippen LogP contribution in [-0.2, 0) is 9.47 Å². The van der Waals surface area contributed by atoms with Gasteiger partial charge in [-0.1, -0.05) is 6.42 Å². The zero-order valence-corrected chi connectivity index (χ0v) is 12.4. The number of nitrogens with one attached hydrogen (secondary N) is 1. The highest BCUT2D eigenvalue weighted by Crippen LogP contribution is 2.32. The van der Waals surface area contributed by atoms with Crippen LogP contribution in [-0.4, -0.2) is 50.0 Å². The minimum absolute atomic E-state index is 0.0504. The van der Waals surface area contributed by atoms with Crippen LogP contribution in [0.2, 0.25) is 0 Å². The summed E-state index contributed by atoms with van der Waals surface area (Å²) in [4.78, 5) is 0. The van der Waals surface area contributed by atoms with Crippen molar-refractivity contribution in [2.24, 2.45) is 0 Å². The quantitative estimate of drug-likeness (QED) is 0.722. The van der Waals surface area contributed by atoms with Crippen LogP contribution in [0.15, 0.2) is 0 Å². The molecule has 0 bridgehead atoms. The van der Waals surface area contributed by atoms with Gasteiger partial charge in [0, 0.05) is 25.7 Å². The van der Waals surface area contributed by atoms with Gasteiger partial charge in [-0.15, -0.1) is 0 Å². The van der Waals surface area contributed by atoms with Crippen molar-refractivity contribution < 1.29 is 9.47 Å². The largest absolute Gasteiger partial charge is 0.378 e. The van der Waals surface area contributed by atoms with Crippen molar-refractivity contribution in [1.29, 1.82) is 0 Å². The predicted octanol–water partition coefficient (Wildman–Crippen LogP) is 2.45. The van der Waals surface area contributed by atoms with E-state index in [0.717, 1.165) is 45.6 Å². The molecular formula is C14H27NO2S. The van der Waals surface area contributed by atoms with Crippen LogP contribution in [0.4, 0.5) is 0 Å². The van der Waals surface area contributed by atoms with Crippen molar-refractivity contribution in [1.82, 2.24) is 5.32 Å². The molecule has 0 aromatic carbocycles.